The Kier molecular flexibility index (Phi) is 4.84. The van der Waals surface area contributed by atoms with Crippen LogP contribution in [0.15, 0.2) is 11.2 Å². The van der Waals surface area contributed by atoms with Gasteiger partial charge in [-0.1, -0.05) is 11.8 Å². The predicted molar refractivity (Wildman–Crippen MR) is 80.5 cm³/mol. The number of nitrogens with zero attached hydrogens (tertiary/aromatic N) is 4. The monoisotopic (exact) mass is 282 g/mol. The molecule has 1 atom stereocenters. The molecule has 1 aliphatic heterocycles. The van der Waals surface area contributed by atoms with Crippen molar-refractivity contribution in [2.24, 2.45) is 5.84 Å². The molecule has 1 aromatic heterocycles. The van der Waals surface area contributed by atoms with Crippen molar-refractivity contribution in [1.82, 2.24) is 14.9 Å². The molecule has 0 amide bonds. The molecule has 0 aliphatic carbocycles. The molecule has 0 spiro atoms. The standard InChI is InChI=1S/C12H22N6S/c1-17-6-4-5-9(17)8-18(2)11-7-10(16-13)14-12(15-11)19-3/h7,9H,4-6,8,13H2,1-3H3,(H,14,15,16). The van der Waals surface area contributed by atoms with Crippen LogP contribution in [0.5, 0.6) is 0 Å². The van der Waals surface area contributed by atoms with E-state index in [-0.39, 0.29) is 0 Å². The second-order valence-corrected chi connectivity index (χ2v) is 5.67. The Morgan fingerprint density at radius 3 is 2.95 bits per heavy atom. The second kappa shape index (κ2) is 6.40. The number of nitrogens with two attached hydrogens (primary N) is 1. The summed E-state index contributed by atoms with van der Waals surface area (Å²) in [5.41, 5.74) is 2.60. The molecular formula is C12H22N6S. The molecule has 1 aromatic rings. The van der Waals surface area contributed by atoms with Crippen molar-refractivity contribution in [2.75, 3.05) is 43.8 Å². The van der Waals surface area contributed by atoms with Gasteiger partial charge in [-0.15, -0.1) is 0 Å². The highest BCUT2D eigenvalue weighted by atomic mass is 32.2. The van der Waals surface area contributed by atoms with E-state index in [2.05, 4.69) is 39.3 Å². The average Bonchev–Trinajstić information content (AvgIpc) is 2.83. The number of aromatic nitrogens is 2. The number of nitrogen functional groups attached to an aromatic ring is 1. The molecule has 3 N–H and O–H groups in total. The van der Waals surface area contributed by atoms with Gasteiger partial charge in [0.25, 0.3) is 0 Å². The van der Waals surface area contributed by atoms with Gasteiger partial charge in [-0.3, -0.25) is 0 Å². The van der Waals surface area contributed by atoms with Crippen LogP contribution in [0.25, 0.3) is 0 Å². The lowest BCUT2D eigenvalue weighted by atomic mass is 10.2. The van der Waals surface area contributed by atoms with E-state index in [1.807, 2.05) is 12.3 Å². The van der Waals surface area contributed by atoms with Crippen LogP contribution < -0.4 is 16.2 Å². The number of hydrogen-bond donors (Lipinski definition) is 2. The van der Waals surface area contributed by atoms with Gasteiger partial charge in [-0.2, -0.15) is 0 Å². The molecule has 106 valence electrons. The topological polar surface area (TPSA) is 70.3 Å². The van der Waals surface area contributed by atoms with Gasteiger partial charge in [0.2, 0.25) is 0 Å². The molecule has 1 aliphatic rings. The molecule has 2 rings (SSSR count). The Morgan fingerprint density at radius 2 is 2.37 bits per heavy atom. The minimum atomic E-state index is 0.604. The zero-order valence-electron chi connectivity index (χ0n) is 11.8. The first-order valence-electron chi connectivity index (χ1n) is 6.45. The van der Waals surface area contributed by atoms with Crippen LogP contribution in [-0.4, -0.2) is 54.4 Å². The summed E-state index contributed by atoms with van der Waals surface area (Å²) in [6, 6.07) is 2.49. The summed E-state index contributed by atoms with van der Waals surface area (Å²) in [4.78, 5) is 13.4. The fourth-order valence-corrected chi connectivity index (χ4v) is 2.77. The van der Waals surface area contributed by atoms with Gasteiger partial charge >= 0.3 is 0 Å². The van der Waals surface area contributed by atoms with Crippen LogP contribution in [0.2, 0.25) is 0 Å². The summed E-state index contributed by atoms with van der Waals surface area (Å²) in [5, 5.41) is 0.733. The molecule has 1 unspecified atom stereocenters. The van der Waals surface area contributed by atoms with E-state index in [9.17, 15) is 0 Å². The van der Waals surface area contributed by atoms with E-state index in [1.54, 1.807) is 0 Å². The van der Waals surface area contributed by atoms with Crippen LogP contribution in [-0.2, 0) is 0 Å². The molecule has 0 radical (unpaired) electrons. The van der Waals surface area contributed by atoms with Crippen LogP contribution in [0.3, 0.4) is 0 Å². The van der Waals surface area contributed by atoms with E-state index < -0.39 is 0 Å². The van der Waals surface area contributed by atoms with Crippen molar-refractivity contribution < 1.29 is 0 Å². The summed E-state index contributed by atoms with van der Waals surface area (Å²) in [5.74, 6) is 7.02. The average molecular weight is 282 g/mol. The largest absolute Gasteiger partial charge is 0.358 e. The van der Waals surface area contributed by atoms with Crippen molar-refractivity contribution in [3.05, 3.63) is 6.07 Å². The maximum atomic E-state index is 5.45. The third-order valence-electron chi connectivity index (χ3n) is 3.57. The smallest absolute Gasteiger partial charge is 0.191 e. The molecule has 19 heavy (non-hydrogen) atoms. The van der Waals surface area contributed by atoms with Crippen LogP contribution in [0.1, 0.15) is 12.8 Å². The van der Waals surface area contributed by atoms with Crippen molar-refractivity contribution in [3.63, 3.8) is 0 Å². The Labute approximate surface area is 118 Å². The highest BCUT2D eigenvalue weighted by Gasteiger charge is 2.22. The Balaban J connectivity index is 2.11. The normalized spacial score (nSPS) is 19.7. The van der Waals surface area contributed by atoms with Gasteiger partial charge in [0.05, 0.1) is 0 Å². The molecule has 0 bridgehead atoms. The van der Waals surface area contributed by atoms with Crippen LogP contribution >= 0.6 is 11.8 Å². The minimum Gasteiger partial charge on any atom is -0.358 e. The SMILES string of the molecule is CSc1nc(NN)cc(N(C)CC2CCCN2C)n1. The lowest BCUT2D eigenvalue weighted by Crippen LogP contribution is -2.37. The van der Waals surface area contributed by atoms with Gasteiger partial charge in [0.1, 0.15) is 11.6 Å². The number of hydrazine groups is 1. The third-order valence-corrected chi connectivity index (χ3v) is 4.12. The quantitative estimate of drug-likeness (QED) is 0.361. The zero-order valence-corrected chi connectivity index (χ0v) is 12.6. The Bertz CT molecular complexity index is 404. The van der Waals surface area contributed by atoms with Crippen molar-refractivity contribution in [3.8, 4) is 0 Å². The third kappa shape index (κ3) is 3.49. The molecule has 6 nitrogen and oxygen atoms in total. The lowest BCUT2D eigenvalue weighted by Gasteiger charge is -2.26. The first kappa shape index (κ1) is 14.4. The van der Waals surface area contributed by atoms with Gasteiger partial charge in [-0.25, -0.2) is 15.8 Å². The number of likely N-dealkylation sites (N-methyl/N-ethyl adjacent to an activating group) is 2. The zero-order chi connectivity index (χ0) is 13.8. The summed E-state index contributed by atoms with van der Waals surface area (Å²) in [6.07, 6.45) is 4.50. The molecular weight excluding hydrogens is 260 g/mol. The lowest BCUT2D eigenvalue weighted by molar-refractivity contribution is 0.314. The molecule has 7 heteroatoms. The van der Waals surface area contributed by atoms with Gasteiger partial charge in [0.15, 0.2) is 5.16 Å². The van der Waals surface area contributed by atoms with Gasteiger partial charge < -0.3 is 15.2 Å². The van der Waals surface area contributed by atoms with Crippen LogP contribution in [0, 0.1) is 0 Å². The molecule has 1 fully saturated rings. The Morgan fingerprint density at radius 1 is 1.58 bits per heavy atom. The van der Waals surface area contributed by atoms with Crippen LogP contribution in [0.4, 0.5) is 11.6 Å². The Hall–Kier alpha value is -1.05. The van der Waals surface area contributed by atoms with E-state index in [0.717, 1.165) is 17.5 Å². The number of rotatable bonds is 5. The van der Waals surface area contributed by atoms with E-state index in [1.165, 1.54) is 31.1 Å². The first-order valence-corrected chi connectivity index (χ1v) is 7.67. The van der Waals surface area contributed by atoms with Gasteiger partial charge in [0, 0.05) is 25.7 Å². The highest BCUT2D eigenvalue weighted by Crippen LogP contribution is 2.21. The maximum Gasteiger partial charge on any atom is 0.191 e. The fourth-order valence-electron chi connectivity index (χ4n) is 2.39. The molecule has 1 saturated heterocycles. The number of anilines is 2. The van der Waals surface area contributed by atoms with E-state index >= 15 is 0 Å². The predicted octanol–water partition coefficient (Wildman–Crippen LogP) is 1.01. The van der Waals surface area contributed by atoms with E-state index in [4.69, 9.17) is 5.84 Å². The summed E-state index contributed by atoms with van der Waals surface area (Å²) in [7, 11) is 4.25. The van der Waals surface area contributed by atoms with Crippen molar-refractivity contribution >= 4 is 23.4 Å². The van der Waals surface area contributed by atoms with E-state index in [0.29, 0.717) is 11.9 Å². The minimum absolute atomic E-state index is 0.604. The maximum absolute atomic E-state index is 5.45. The molecule has 0 aromatic carbocycles. The highest BCUT2D eigenvalue weighted by molar-refractivity contribution is 7.98. The first-order chi connectivity index (χ1) is 9.13. The second-order valence-electron chi connectivity index (χ2n) is 4.90. The number of likely N-dealkylation sites (tertiary alicyclic amines) is 1. The number of nitrogens with one attached hydrogen (secondary N) is 1. The van der Waals surface area contributed by atoms with Crippen molar-refractivity contribution in [1.29, 1.82) is 0 Å². The number of thioether (sulfide) groups is 1. The number of hydrogen-bond acceptors (Lipinski definition) is 7. The fraction of sp³-hybridized carbons (Fsp3) is 0.667. The molecule has 2 heterocycles. The van der Waals surface area contributed by atoms with Gasteiger partial charge in [-0.05, 0) is 32.7 Å². The van der Waals surface area contributed by atoms with Crippen molar-refractivity contribution in [2.45, 2.75) is 24.0 Å². The summed E-state index contributed by atoms with van der Waals surface area (Å²) >= 11 is 1.52. The summed E-state index contributed by atoms with van der Waals surface area (Å²) < 4.78 is 0. The molecule has 0 saturated carbocycles. The summed E-state index contributed by atoms with van der Waals surface area (Å²) in [6.45, 7) is 2.17.